The largest absolute Gasteiger partial charge is 0.377 e. The van der Waals surface area contributed by atoms with Gasteiger partial charge in [-0.1, -0.05) is 26.0 Å². The fourth-order valence-corrected chi connectivity index (χ4v) is 2.05. The average molecular weight is 175 g/mol. The van der Waals surface area contributed by atoms with E-state index in [1.807, 2.05) is 6.08 Å². The number of ether oxygens (including phenoxy) is 1. The monoisotopic (exact) mass is 174 g/mol. The summed E-state index contributed by atoms with van der Waals surface area (Å²) in [4.78, 5) is 0. The van der Waals surface area contributed by atoms with Gasteiger partial charge < -0.3 is 4.74 Å². The predicted octanol–water partition coefficient (Wildman–Crippen LogP) is 2.59. The third kappa shape index (κ3) is 1.97. The second kappa shape index (κ2) is 3.16. The first-order chi connectivity index (χ1) is 5.06. The highest BCUT2D eigenvalue weighted by atomic mass is 35.5. The molecule has 1 aliphatic rings. The van der Waals surface area contributed by atoms with E-state index >= 15 is 0 Å². The highest BCUT2D eigenvalue weighted by molar-refractivity contribution is 6.21. The number of hydrogen-bond donors (Lipinski definition) is 0. The first-order valence-electron chi connectivity index (χ1n) is 3.91. The summed E-state index contributed by atoms with van der Waals surface area (Å²) in [6.07, 6.45) is 5.28. The molecule has 1 aliphatic carbocycles. The van der Waals surface area contributed by atoms with Gasteiger partial charge in [-0.25, -0.2) is 0 Å². The van der Waals surface area contributed by atoms with Crippen LogP contribution in [0.15, 0.2) is 12.2 Å². The number of allylic oxidation sites excluding steroid dienone is 1. The average Bonchev–Trinajstić information content (AvgIpc) is 1.85. The zero-order chi connectivity index (χ0) is 8.48. The summed E-state index contributed by atoms with van der Waals surface area (Å²) < 4.78 is 5.31. The van der Waals surface area contributed by atoms with Crippen molar-refractivity contribution >= 4 is 11.6 Å². The SMILES string of the molecule is CO[C@H]1C=C[C@H](Cl)CC1(C)C. The lowest BCUT2D eigenvalue weighted by molar-refractivity contribution is 0.0334. The van der Waals surface area contributed by atoms with Gasteiger partial charge in [0.1, 0.15) is 0 Å². The Bertz CT molecular complexity index is 163. The number of rotatable bonds is 1. The minimum atomic E-state index is 0.177. The molecule has 0 radical (unpaired) electrons. The van der Waals surface area contributed by atoms with Crippen LogP contribution in [0.25, 0.3) is 0 Å². The third-order valence-electron chi connectivity index (χ3n) is 2.24. The molecule has 2 atom stereocenters. The van der Waals surface area contributed by atoms with Gasteiger partial charge in [0, 0.05) is 7.11 Å². The maximum atomic E-state index is 5.98. The lowest BCUT2D eigenvalue weighted by Gasteiger charge is -2.35. The van der Waals surface area contributed by atoms with Gasteiger partial charge in [-0.05, 0) is 11.8 Å². The number of halogens is 1. The molecule has 1 rings (SSSR count). The summed E-state index contributed by atoms with van der Waals surface area (Å²) in [5.41, 5.74) is 0.177. The Morgan fingerprint density at radius 3 is 2.55 bits per heavy atom. The van der Waals surface area contributed by atoms with Crippen LogP contribution in [-0.2, 0) is 4.74 Å². The van der Waals surface area contributed by atoms with Gasteiger partial charge in [0.2, 0.25) is 0 Å². The minimum Gasteiger partial charge on any atom is -0.377 e. The molecular formula is C9H15ClO. The number of hydrogen-bond acceptors (Lipinski definition) is 1. The Kier molecular flexibility index (Phi) is 2.61. The van der Waals surface area contributed by atoms with Crippen molar-refractivity contribution in [3.05, 3.63) is 12.2 Å². The summed E-state index contributed by atoms with van der Waals surface area (Å²) in [6, 6.07) is 0. The van der Waals surface area contributed by atoms with E-state index in [2.05, 4.69) is 19.9 Å². The molecule has 0 N–H and O–H groups in total. The van der Waals surface area contributed by atoms with Gasteiger partial charge in [0.15, 0.2) is 0 Å². The smallest absolute Gasteiger partial charge is 0.0804 e. The van der Waals surface area contributed by atoms with E-state index in [-0.39, 0.29) is 16.9 Å². The van der Waals surface area contributed by atoms with Crippen molar-refractivity contribution in [3.8, 4) is 0 Å². The molecule has 1 nitrogen and oxygen atoms in total. The van der Waals surface area contributed by atoms with Crippen LogP contribution in [0.5, 0.6) is 0 Å². The predicted molar refractivity (Wildman–Crippen MR) is 48.0 cm³/mol. The quantitative estimate of drug-likeness (QED) is 0.439. The summed E-state index contributed by atoms with van der Waals surface area (Å²) in [5, 5.41) is 0.177. The Hall–Kier alpha value is -0.0100. The molecular weight excluding hydrogens is 160 g/mol. The Labute approximate surface area is 73.4 Å². The number of methoxy groups -OCH3 is 1. The molecule has 0 amide bonds. The summed E-state index contributed by atoms with van der Waals surface area (Å²) in [5.74, 6) is 0. The van der Waals surface area contributed by atoms with Gasteiger partial charge in [0.25, 0.3) is 0 Å². The van der Waals surface area contributed by atoms with Crippen molar-refractivity contribution in [2.24, 2.45) is 5.41 Å². The Morgan fingerprint density at radius 2 is 2.09 bits per heavy atom. The fraction of sp³-hybridized carbons (Fsp3) is 0.778. The van der Waals surface area contributed by atoms with Crippen LogP contribution >= 0.6 is 11.6 Å². The molecule has 0 unspecified atom stereocenters. The molecule has 0 fully saturated rings. The fourth-order valence-electron chi connectivity index (χ4n) is 1.57. The van der Waals surface area contributed by atoms with E-state index in [0.29, 0.717) is 0 Å². The molecule has 0 saturated heterocycles. The van der Waals surface area contributed by atoms with Crippen LogP contribution in [-0.4, -0.2) is 18.6 Å². The van der Waals surface area contributed by atoms with Crippen LogP contribution in [0.2, 0.25) is 0 Å². The first-order valence-corrected chi connectivity index (χ1v) is 4.35. The minimum absolute atomic E-state index is 0.177. The maximum absolute atomic E-state index is 5.98. The number of alkyl halides is 1. The van der Waals surface area contributed by atoms with E-state index in [1.54, 1.807) is 7.11 Å². The molecule has 0 saturated carbocycles. The highest BCUT2D eigenvalue weighted by Crippen LogP contribution is 2.35. The topological polar surface area (TPSA) is 9.23 Å². The maximum Gasteiger partial charge on any atom is 0.0804 e. The van der Waals surface area contributed by atoms with Crippen LogP contribution in [0.4, 0.5) is 0 Å². The molecule has 0 bridgehead atoms. The molecule has 0 aromatic heterocycles. The molecule has 11 heavy (non-hydrogen) atoms. The lowest BCUT2D eigenvalue weighted by atomic mass is 9.78. The zero-order valence-corrected chi connectivity index (χ0v) is 8.06. The summed E-state index contributed by atoms with van der Waals surface area (Å²) >= 11 is 5.98. The molecule has 0 aliphatic heterocycles. The van der Waals surface area contributed by atoms with Gasteiger partial charge in [0.05, 0.1) is 11.5 Å². The Morgan fingerprint density at radius 1 is 1.45 bits per heavy atom. The lowest BCUT2D eigenvalue weighted by Crippen LogP contribution is -2.34. The van der Waals surface area contributed by atoms with Gasteiger partial charge in [-0.2, -0.15) is 0 Å². The van der Waals surface area contributed by atoms with E-state index < -0.39 is 0 Å². The van der Waals surface area contributed by atoms with Crippen LogP contribution in [0.1, 0.15) is 20.3 Å². The first kappa shape index (κ1) is 9.08. The zero-order valence-electron chi connectivity index (χ0n) is 7.30. The highest BCUT2D eigenvalue weighted by Gasteiger charge is 2.32. The van der Waals surface area contributed by atoms with E-state index in [1.165, 1.54) is 0 Å². The summed E-state index contributed by atoms with van der Waals surface area (Å²) in [7, 11) is 1.74. The van der Waals surface area contributed by atoms with Crippen LogP contribution in [0.3, 0.4) is 0 Å². The van der Waals surface area contributed by atoms with Gasteiger partial charge >= 0.3 is 0 Å². The van der Waals surface area contributed by atoms with Crippen molar-refractivity contribution in [1.29, 1.82) is 0 Å². The Balaban J connectivity index is 2.72. The molecule has 0 heterocycles. The molecule has 0 aromatic carbocycles. The standard InChI is InChI=1S/C9H15ClO/c1-9(2)6-7(10)4-5-8(9)11-3/h4-5,7-8H,6H2,1-3H3/t7-,8-/m0/s1. The molecule has 0 aromatic rings. The van der Waals surface area contributed by atoms with Crippen LogP contribution in [0, 0.1) is 5.41 Å². The van der Waals surface area contributed by atoms with E-state index in [4.69, 9.17) is 16.3 Å². The second-order valence-electron chi connectivity index (χ2n) is 3.75. The summed E-state index contributed by atoms with van der Waals surface area (Å²) in [6.45, 7) is 4.36. The third-order valence-corrected chi connectivity index (χ3v) is 2.54. The van der Waals surface area contributed by atoms with Crippen LogP contribution < -0.4 is 0 Å². The van der Waals surface area contributed by atoms with Crippen molar-refractivity contribution < 1.29 is 4.74 Å². The molecule has 64 valence electrons. The van der Waals surface area contributed by atoms with Crippen molar-refractivity contribution in [2.45, 2.75) is 31.7 Å². The normalized spacial score (nSPS) is 35.6. The van der Waals surface area contributed by atoms with E-state index in [0.717, 1.165) is 6.42 Å². The molecule has 0 spiro atoms. The van der Waals surface area contributed by atoms with E-state index in [9.17, 15) is 0 Å². The van der Waals surface area contributed by atoms with Crippen molar-refractivity contribution in [1.82, 2.24) is 0 Å². The van der Waals surface area contributed by atoms with Gasteiger partial charge in [-0.3, -0.25) is 0 Å². The van der Waals surface area contributed by atoms with Gasteiger partial charge in [-0.15, -0.1) is 11.6 Å². The second-order valence-corrected chi connectivity index (χ2v) is 4.31. The van der Waals surface area contributed by atoms with Crippen molar-refractivity contribution in [3.63, 3.8) is 0 Å². The molecule has 2 heteroatoms. The van der Waals surface area contributed by atoms with Crippen molar-refractivity contribution in [2.75, 3.05) is 7.11 Å².